The highest BCUT2D eigenvalue weighted by Gasteiger charge is 2.17. The van der Waals surface area contributed by atoms with Crippen LogP contribution in [-0.4, -0.2) is 37.8 Å². The fraction of sp³-hybridized carbons (Fsp3) is 0.727. The topological polar surface area (TPSA) is 83.7 Å². The normalized spacial score (nSPS) is 13.6. The third kappa shape index (κ3) is 4.89. The minimum absolute atomic E-state index is 0.515. The van der Waals surface area contributed by atoms with Crippen LogP contribution in [0.5, 0.6) is 0 Å². The lowest BCUT2D eigenvalue weighted by molar-refractivity contribution is -0.894. The second-order valence-electron chi connectivity index (χ2n) is 3.69. The molecule has 0 saturated carbocycles. The van der Waals surface area contributed by atoms with Crippen LogP contribution in [0, 0.1) is 17.2 Å². The number of rotatable bonds is 7. The maximum Gasteiger partial charge on any atom is 0.240 e. The molecule has 16 heavy (non-hydrogen) atoms. The van der Waals surface area contributed by atoms with Crippen molar-refractivity contribution in [1.82, 2.24) is 0 Å². The second kappa shape index (κ2) is 7.83. The highest BCUT2D eigenvalue weighted by molar-refractivity contribution is 6.04. The van der Waals surface area contributed by atoms with Crippen molar-refractivity contribution in [3.8, 4) is 6.07 Å². The molecular weight excluding hydrogens is 204 g/mol. The fourth-order valence-corrected chi connectivity index (χ4v) is 1.45. The largest absolute Gasteiger partial charge is 0.368 e. The van der Waals surface area contributed by atoms with Crippen molar-refractivity contribution < 1.29 is 9.69 Å². The number of aliphatic imine (C=N–C) groups is 1. The third-order valence-corrected chi connectivity index (χ3v) is 2.66. The molecule has 0 rings (SSSR count). The summed E-state index contributed by atoms with van der Waals surface area (Å²) in [4.78, 5) is 16.6. The average Bonchev–Trinajstić information content (AvgIpc) is 2.25. The van der Waals surface area contributed by atoms with Crippen molar-refractivity contribution in [2.24, 2.45) is 16.6 Å². The number of hydrogen-bond donors (Lipinski definition) is 2. The zero-order valence-corrected chi connectivity index (χ0v) is 10.3. The molecular formula is C11H21N4O+. The van der Waals surface area contributed by atoms with E-state index in [0.29, 0.717) is 12.3 Å². The van der Waals surface area contributed by atoms with Gasteiger partial charge in [0.1, 0.15) is 0 Å². The second-order valence-corrected chi connectivity index (χ2v) is 3.69. The number of nitrogens with one attached hydrogen (secondary N) is 1. The molecule has 0 aromatic rings. The maximum atomic E-state index is 10.9. The molecule has 0 spiro atoms. The quantitative estimate of drug-likeness (QED) is 0.545. The third-order valence-electron chi connectivity index (χ3n) is 2.66. The van der Waals surface area contributed by atoms with Gasteiger partial charge in [0.25, 0.3) is 0 Å². The molecule has 1 atom stereocenters. The molecule has 0 aliphatic rings. The van der Waals surface area contributed by atoms with Gasteiger partial charge in [-0.3, -0.25) is 9.79 Å². The van der Waals surface area contributed by atoms with Crippen LogP contribution in [0.15, 0.2) is 4.99 Å². The molecule has 0 radical (unpaired) electrons. The van der Waals surface area contributed by atoms with Gasteiger partial charge in [-0.15, -0.1) is 0 Å². The van der Waals surface area contributed by atoms with Crippen LogP contribution in [0.3, 0.4) is 0 Å². The van der Waals surface area contributed by atoms with Gasteiger partial charge in [-0.05, 0) is 20.8 Å². The Morgan fingerprint density at radius 1 is 1.50 bits per heavy atom. The van der Waals surface area contributed by atoms with Gasteiger partial charge in [0, 0.05) is 5.71 Å². The van der Waals surface area contributed by atoms with E-state index in [4.69, 9.17) is 11.0 Å². The Kier molecular flexibility index (Phi) is 7.14. The first-order valence-electron chi connectivity index (χ1n) is 5.60. The van der Waals surface area contributed by atoms with Crippen molar-refractivity contribution in [1.29, 1.82) is 5.26 Å². The minimum atomic E-state index is -0.883. The van der Waals surface area contributed by atoms with Gasteiger partial charge in [-0.1, -0.05) is 0 Å². The average molecular weight is 225 g/mol. The summed E-state index contributed by atoms with van der Waals surface area (Å²) in [5, 5.41) is 8.73. The number of likely N-dealkylation sites (N-methyl/N-ethyl adjacent to an activating group) is 1. The molecule has 1 amide bonds. The Balaban J connectivity index is 4.23. The zero-order valence-electron chi connectivity index (χ0n) is 10.3. The van der Waals surface area contributed by atoms with Gasteiger partial charge in [0.2, 0.25) is 5.91 Å². The van der Waals surface area contributed by atoms with E-state index in [1.165, 1.54) is 4.90 Å². The molecule has 0 fully saturated rings. The summed E-state index contributed by atoms with van der Waals surface area (Å²) >= 11 is 0. The summed E-state index contributed by atoms with van der Waals surface area (Å²) < 4.78 is 0. The highest BCUT2D eigenvalue weighted by atomic mass is 16.1. The summed E-state index contributed by atoms with van der Waals surface area (Å²) in [6.45, 7) is 9.59. The first-order valence-corrected chi connectivity index (χ1v) is 5.60. The Bertz CT molecular complexity index is 289. The Morgan fingerprint density at radius 3 is 2.44 bits per heavy atom. The van der Waals surface area contributed by atoms with Gasteiger partial charge in [0.05, 0.1) is 32.2 Å². The van der Waals surface area contributed by atoms with Crippen molar-refractivity contribution in [2.75, 3.05) is 26.2 Å². The maximum absolute atomic E-state index is 10.9. The van der Waals surface area contributed by atoms with Crippen LogP contribution in [0.1, 0.15) is 20.8 Å². The van der Waals surface area contributed by atoms with Crippen LogP contribution in [0.2, 0.25) is 0 Å². The lowest BCUT2D eigenvalue weighted by atomic mass is 10.1. The minimum Gasteiger partial charge on any atom is -0.368 e. The number of primary amides is 1. The van der Waals surface area contributed by atoms with Crippen molar-refractivity contribution >= 4 is 11.6 Å². The fourth-order valence-electron chi connectivity index (χ4n) is 1.45. The number of quaternary nitrogens is 1. The van der Waals surface area contributed by atoms with Crippen molar-refractivity contribution in [3.63, 3.8) is 0 Å². The smallest absolute Gasteiger partial charge is 0.240 e. The predicted octanol–water partition coefficient (Wildman–Crippen LogP) is -1.00. The SMILES string of the molecule is CC[NH+](CC)CCN=C(C)C(C#N)C(N)=O. The monoisotopic (exact) mass is 225 g/mol. The number of nitrogens with zero attached hydrogens (tertiary/aromatic N) is 2. The summed E-state index contributed by atoms with van der Waals surface area (Å²) in [6, 6.07) is 1.86. The predicted molar refractivity (Wildman–Crippen MR) is 63.2 cm³/mol. The first-order chi connectivity index (χ1) is 7.56. The molecule has 0 aromatic heterocycles. The summed E-state index contributed by atoms with van der Waals surface area (Å²) in [6.07, 6.45) is 0. The van der Waals surface area contributed by atoms with E-state index in [2.05, 4.69) is 18.8 Å². The molecule has 3 N–H and O–H groups in total. The molecule has 1 unspecified atom stereocenters. The van der Waals surface area contributed by atoms with Gasteiger partial charge in [-0.2, -0.15) is 5.26 Å². The van der Waals surface area contributed by atoms with Crippen molar-refractivity contribution in [3.05, 3.63) is 0 Å². The Morgan fingerprint density at radius 2 is 2.06 bits per heavy atom. The molecule has 0 aliphatic carbocycles. The first kappa shape index (κ1) is 14.6. The van der Waals surface area contributed by atoms with Crippen LogP contribution >= 0.6 is 0 Å². The number of carbonyl (C=O) groups is 1. The number of nitrogens with two attached hydrogens (primary N) is 1. The van der Waals surface area contributed by atoms with Gasteiger partial charge < -0.3 is 10.6 Å². The summed E-state index contributed by atoms with van der Waals surface area (Å²) in [5.74, 6) is -1.51. The van der Waals surface area contributed by atoms with Gasteiger partial charge in [-0.25, -0.2) is 0 Å². The number of nitriles is 1. The molecule has 5 nitrogen and oxygen atoms in total. The molecule has 0 heterocycles. The van der Waals surface area contributed by atoms with Crippen molar-refractivity contribution in [2.45, 2.75) is 20.8 Å². The number of hydrogen-bond acceptors (Lipinski definition) is 3. The van der Waals surface area contributed by atoms with E-state index in [1.54, 1.807) is 6.92 Å². The summed E-state index contributed by atoms with van der Waals surface area (Å²) in [5.41, 5.74) is 5.60. The Labute approximate surface area is 96.9 Å². The van der Waals surface area contributed by atoms with E-state index >= 15 is 0 Å². The van der Waals surface area contributed by atoms with Crippen LogP contribution in [-0.2, 0) is 4.79 Å². The molecule has 90 valence electrons. The van der Waals surface area contributed by atoms with Crippen LogP contribution < -0.4 is 10.6 Å². The lowest BCUT2D eigenvalue weighted by Crippen LogP contribution is -3.11. The molecule has 5 heteroatoms. The van der Waals surface area contributed by atoms with E-state index in [-0.39, 0.29) is 0 Å². The van der Waals surface area contributed by atoms with E-state index in [1.807, 2.05) is 6.07 Å². The number of carbonyl (C=O) groups excluding carboxylic acids is 1. The summed E-state index contributed by atoms with van der Waals surface area (Å²) in [7, 11) is 0. The lowest BCUT2D eigenvalue weighted by Gasteiger charge is -2.14. The Hall–Kier alpha value is -1.41. The zero-order chi connectivity index (χ0) is 12.6. The van der Waals surface area contributed by atoms with E-state index in [0.717, 1.165) is 19.6 Å². The molecule has 0 saturated heterocycles. The molecule has 0 aliphatic heterocycles. The number of amides is 1. The van der Waals surface area contributed by atoms with E-state index < -0.39 is 11.8 Å². The van der Waals surface area contributed by atoms with Gasteiger partial charge in [0.15, 0.2) is 5.92 Å². The van der Waals surface area contributed by atoms with Crippen LogP contribution in [0.25, 0.3) is 0 Å². The van der Waals surface area contributed by atoms with E-state index in [9.17, 15) is 4.79 Å². The highest BCUT2D eigenvalue weighted by Crippen LogP contribution is 1.96. The van der Waals surface area contributed by atoms with Gasteiger partial charge >= 0.3 is 0 Å². The standard InChI is InChI=1S/C11H20N4O/c1-4-15(5-2)7-6-14-9(3)10(8-12)11(13)16/h10H,4-7H2,1-3H3,(H2,13,16)/p+1. The van der Waals surface area contributed by atoms with Crippen LogP contribution in [0.4, 0.5) is 0 Å². The molecule has 0 bridgehead atoms. The molecule has 0 aromatic carbocycles.